The first-order valence-corrected chi connectivity index (χ1v) is 9.27. The Morgan fingerprint density at radius 1 is 1.19 bits per heavy atom. The highest BCUT2D eigenvalue weighted by Gasteiger charge is 2.09. The van der Waals surface area contributed by atoms with Gasteiger partial charge in [0.2, 0.25) is 4.80 Å². The summed E-state index contributed by atoms with van der Waals surface area (Å²) in [6.07, 6.45) is 1.75. The first-order chi connectivity index (χ1) is 12.6. The van der Waals surface area contributed by atoms with Crippen LogP contribution in [0.5, 0.6) is 5.75 Å². The van der Waals surface area contributed by atoms with E-state index in [1.165, 1.54) is 11.3 Å². The average molecular weight is 384 g/mol. The van der Waals surface area contributed by atoms with Crippen LogP contribution in [0, 0.1) is 0 Å². The van der Waals surface area contributed by atoms with Gasteiger partial charge in [-0.25, -0.2) is 4.68 Å². The average Bonchev–Trinajstić information content (AvgIpc) is 3.03. The van der Waals surface area contributed by atoms with Gasteiger partial charge in [-0.15, -0.1) is 17.9 Å². The zero-order chi connectivity index (χ0) is 18.5. The molecule has 6 heteroatoms. The van der Waals surface area contributed by atoms with Crippen LogP contribution in [0.15, 0.2) is 76.7 Å². The summed E-state index contributed by atoms with van der Waals surface area (Å²) in [6.45, 7) is 6.18. The third-order valence-electron chi connectivity index (χ3n) is 3.72. The van der Waals surface area contributed by atoms with Crippen LogP contribution in [0.4, 0.5) is 0 Å². The first kappa shape index (κ1) is 18.2. The number of phenolic OH excluding ortho intramolecular Hbond substituents is 1. The fourth-order valence-electron chi connectivity index (χ4n) is 2.38. The summed E-state index contributed by atoms with van der Waals surface area (Å²) in [6, 6.07) is 14.6. The minimum absolute atomic E-state index is 0.230. The smallest absolute Gasteiger partial charge is 0.206 e. The van der Waals surface area contributed by atoms with Gasteiger partial charge in [-0.3, -0.25) is 4.99 Å². The van der Waals surface area contributed by atoms with Gasteiger partial charge in [0.05, 0.1) is 18.0 Å². The van der Waals surface area contributed by atoms with Crippen LogP contribution in [-0.4, -0.2) is 22.0 Å². The van der Waals surface area contributed by atoms with Crippen LogP contribution < -0.4 is 4.80 Å². The summed E-state index contributed by atoms with van der Waals surface area (Å²) in [7, 11) is 0. The van der Waals surface area contributed by atoms with Crippen LogP contribution >= 0.6 is 22.9 Å². The van der Waals surface area contributed by atoms with Gasteiger partial charge in [0.1, 0.15) is 5.75 Å². The molecule has 0 fully saturated rings. The number of benzene rings is 2. The molecule has 0 unspecified atom stereocenters. The van der Waals surface area contributed by atoms with Crippen molar-refractivity contribution >= 4 is 28.6 Å². The topological polar surface area (TPSA) is 49.9 Å². The van der Waals surface area contributed by atoms with Gasteiger partial charge < -0.3 is 5.11 Å². The van der Waals surface area contributed by atoms with Crippen molar-refractivity contribution in [3.8, 4) is 17.0 Å². The molecule has 4 nitrogen and oxygen atoms in total. The molecule has 3 rings (SSSR count). The molecule has 0 saturated heterocycles. The SMILES string of the molecule is C=CCN=c1scc(-c2ccc(Cl)cc2)n1N=C(C)c1ccc(O)cc1. The normalized spacial score (nSPS) is 12.4. The van der Waals surface area contributed by atoms with Crippen molar-refractivity contribution < 1.29 is 5.11 Å². The Balaban J connectivity index is 2.12. The Morgan fingerprint density at radius 3 is 2.54 bits per heavy atom. The van der Waals surface area contributed by atoms with Crippen molar-refractivity contribution in [3.63, 3.8) is 0 Å². The second-order valence-electron chi connectivity index (χ2n) is 5.58. The summed E-state index contributed by atoms with van der Waals surface area (Å²) >= 11 is 7.53. The van der Waals surface area contributed by atoms with E-state index >= 15 is 0 Å². The molecule has 26 heavy (non-hydrogen) atoms. The lowest BCUT2D eigenvalue weighted by Crippen LogP contribution is -2.14. The molecule has 3 aromatic rings. The number of nitrogens with zero attached hydrogens (tertiary/aromatic N) is 3. The molecule has 132 valence electrons. The van der Waals surface area contributed by atoms with E-state index in [2.05, 4.69) is 11.6 Å². The third-order valence-corrected chi connectivity index (χ3v) is 4.82. The van der Waals surface area contributed by atoms with Crippen molar-refractivity contribution in [2.24, 2.45) is 10.1 Å². The van der Waals surface area contributed by atoms with Gasteiger partial charge in [-0.1, -0.05) is 29.8 Å². The summed E-state index contributed by atoms with van der Waals surface area (Å²) in [5, 5.41) is 17.0. The maximum atomic E-state index is 9.47. The molecule has 0 spiro atoms. The van der Waals surface area contributed by atoms with Crippen molar-refractivity contribution in [2.45, 2.75) is 6.92 Å². The van der Waals surface area contributed by atoms with Crippen LogP contribution in [0.3, 0.4) is 0 Å². The molecular formula is C20H18ClN3OS. The van der Waals surface area contributed by atoms with E-state index < -0.39 is 0 Å². The Kier molecular flexibility index (Phi) is 5.71. The lowest BCUT2D eigenvalue weighted by molar-refractivity contribution is 0.475. The number of halogens is 1. The summed E-state index contributed by atoms with van der Waals surface area (Å²) in [5.74, 6) is 0.230. The molecule has 2 aromatic carbocycles. The maximum absolute atomic E-state index is 9.47. The van der Waals surface area contributed by atoms with Crippen LogP contribution in [0.1, 0.15) is 12.5 Å². The maximum Gasteiger partial charge on any atom is 0.206 e. The molecule has 0 saturated carbocycles. The van der Waals surface area contributed by atoms with E-state index in [1.54, 1.807) is 18.2 Å². The number of hydrogen-bond acceptors (Lipinski definition) is 4. The monoisotopic (exact) mass is 383 g/mol. The van der Waals surface area contributed by atoms with E-state index in [4.69, 9.17) is 16.7 Å². The quantitative estimate of drug-likeness (QED) is 0.492. The van der Waals surface area contributed by atoms with Gasteiger partial charge in [0, 0.05) is 16.0 Å². The lowest BCUT2D eigenvalue weighted by atomic mass is 10.1. The molecule has 0 atom stereocenters. The highest BCUT2D eigenvalue weighted by molar-refractivity contribution is 7.07. The van der Waals surface area contributed by atoms with Gasteiger partial charge in [0.15, 0.2) is 0 Å². The minimum Gasteiger partial charge on any atom is -0.508 e. The number of thiazole rings is 1. The molecule has 0 aliphatic rings. The summed E-state index contributed by atoms with van der Waals surface area (Å²) < 4.78 is 1.83. The van der Waals surface area contributed by atoms with E-state index in [0.717, 1.165) is 27.3 Å². The predicted octanol–water partition coefficient (Wildman–Crippen LogP) is 4.93. The minimum atomic E-state index is 0.230. The summed E-state index contributed by atoms with van der Waals surface area (Å²) in [4.78, 5) is 5.32. The first-order valence-electron chi connectivity index (χ1n) is 8.01. The zero-order valence-electron chi connectivity index (χ0n) is 14.3. The van der Waals surface area contributed by atoms with E-state index in [-0.39, 0.29) is 5.75 Å². The van der Waals surface area contributed by atoms with Gasteiger partial charge in [-0.05, 0) is 48.9 Å². The Morgan fingerprint density at radius 2 is 1.88 bits per heavy atom. The van der Waals surface area contributed by atoms with Crippen molar-refractivity contribution in [1.82, 2.24) is 4.68 Å². The molecule has 0 amide bonds. The number of aromatic hydroxyl groups is 1. The second-order valence-corrected chi connectivity index (χ2v) is 6.86. The molecule has 1 heterocycles. The van der Waals surface area contributed by atoms with Crippen molar-refractivity contribution in [1.29, 1.82) is 0 Å². The van der Waals surface area contributed by atoms with E-state index in [9.17, 15) is 5.11 Å². The number of aromatic nitrogens is 1. The molecule has 0 aliphatic heterocycles. The van der Waals surface area contributed by atoms with Gasteiger partial charge in [-0.2, -0.15) is 5.10 Å². The third kappa shape index (κ3) is 4.12. The summed E-state index contributed by atoms with van der Waals surface area (Å²) in [5.41, 5.74) is 3.69. The van der Waals surface area contributed by atoms with E-state index in [1.807, 2.05) is 53.4 Å². The highest BCUT2D eigenvalue weighted by atomic mass is 35.5. The molecule has 1 aromatic heterocycles. The Labute approximate surface area is 161 Å². The predicted molar refractivity (Wildman–Crippen MR) is 109 cm³/mol. The van der Waals surface area contributed by atoms with Crippen molar-refractivity contribution in [2.75, 3.05) is 6.54 Å². The number of rotatable bonds is 5. The molecule has 0 bridgehead atoms. The van der Waals surface area contributed by atoms with Gasteiger partial charge in [0.25, 0.3) is 0 Å². The second kappa shape index (κ2) is 8.17. The number of phenols is 1. The Hall–Kier alpha value is -2.63. The highest BCUT2D eigenvalue weighted by Crippen LogP contribution is 2.22. The standard InChI is InChI=1S/C20H18ClN3OS/c1-3-12-22-20-24(23-14(2)15-6-10-18(25)11-7-15)19(13-26-20)16-4-8-17(21)9-5-16/h3-11,13,25H,1,12H2,2H3. The molecule has 0 aliphatic carbocycles. The number of hydrogen-bond donors (Lipinski definition) is 1. The molecule has 1 N–H and O–H groups in total. The van der Waals surface area contributed by atoms with Crippen LogP contribution in [-0.2, 0) is 0 Å². The van der Waals surface area contributed by atoms with Crippen LogP contribution in [0.2, 0.25) is 5.02 Å². The molecular weight excluding hydrogens is 366 g/mol. The zero-order valence-corrected chi connectivity index (χ0v) is 15.8. The Bertz CT molecular complexity index is 999. The van der Waals surface area contributed by atoms with Crippen LogP contribution in [0.25, 0.3) is 11.3 Å². The van der Waals surface area contributed by atoms with E-state index in [0.29, 0.717) is 11.6 Å². The fourth-order valence-corrected chi connectivity index (χ4v) is 3.34. The largest absolute Gasteiger partial charge is 0.508 e. The fraction of sp³-hybridized carbons (Fsp3) is 0.100. The van der Waals surface area contributed by atoms with Crippen molar-refractivity contribution in [3.05, 3.63) is 82.0 Å². The molecule has 0 radical (unpaired) electrons. The van der Waals surface area contributed by atoms with Gasteiger partial charge >= 0.3 is 0 Å². The lowest BCUT2D eigenvalue weighted by Gasteiger charge is -2.07.